The number of aromatic nitrogens is 1. The lowest BCUT2D eigenvalue weighted by Crippen LogP contribution is -2.34. The lowest BCUT2D eigenvalue weighted by atomic mass is 10.1. The van der Waals surface area contributed by atoms with Crippen molar-refractivity contribution in [1.29, 1.82) is 0 Å². The van der Waals surface area contributed by atoms with E-state index in [2.05, 4.69) is 15.6 Å². The topological polar surface area (TPSA) is 54.0 Å². The average Bonchev–Trinajstić information content (AvgIpc) is 2.39. The van der Waals surface area contributed by atoms with Gasteiger partial charge in [-0.15, -0.1) is 0 Å². The molecule has 0 fully saturated rings. The molecule has 2 rings (SSSR count). The van der Waals surface area contributed by atoms with E-state index in [0.29, 0.717) is 5.56 Å². The molecule has 5 heteroatoms. The van der Waals surface area contributed by atoms with E-state index in [1.54, 1.807) is 24.5 Å². The van der Waals surface area contributed by atoms with E-state index in [0.717, 1.165) is 16.8 Å². The number of aryl methyl sites for hydroxylation is 2. The summed E-state index contributed by atoms with van der Waals surface area (Å²) in [6, 6.07) is 9.28. The normalized spacial score (nSPS) is 9.90. The molecule has 0 aliphatic rings. The zero-order valence-corrected chi connectivity index (χ0v) is 12.1. The maximum absolute atomic E-state index is 12.1. The van der Waals surface area contributed by atoms with E-state index in [-0.39, 0.29) is 11.0 Å². The van der Waals surface area contributed by atoms with Crippen molar-refractivity contribution in [2.45, 2.75) is 13.8 Å². The Morgan fingerprint density at radius 1 is 1.25 bits per heavy atom. The molecule has 2 N–H and O–H groups in total. The minimum atomic E-state index is -0.219. The van der Waals surface area contributed by atoms with E-state index in [1.807, 2.05) is 32.0 Å². The number of carbonyl (C=O) groups excluding carboxylic acids is 1. The number of anilines is 1. The zero-order chi connectivity index (χ0) is 14.5. The van der Waals surface area contributed by atoms with Crippen LogP contribution < -0.4 is 10.6 Å². The average molecular weight is 285 g/mol. The number of nitrogens with zero attached hydrogens (tertiary/aromatic N) is 1. The van der Waals surface area contributed by atoms with Crippen LogP contribution in [0, 0.1) is 13.8 Å². The van der Waals surface area contributed by atoms with Gasteiger partial charge in [-0.1, -0.05) is 17.7 Å². The van der Waals surface area contributed by atoms with E-state index in [9.17, 15) is 4.79 Å². The maximum Gasteiger partial charge on any atom is 0.257 e. The van der Waals surface area contributed by atoms with Crippen LogP contribution in [0.25, 0.3) is 0 Å². The standard InChI is InChI=1S/C15H15N3OS/c1-10-5-6-13(11(2)8-10)14(19)18-15(20)17-12-4-3-7-16-9-12/h3-9H,1-2H3,(H2,17,18,19,20). The summed E-state index contributed by atoms with van der Waals surface area (Å²) in [4.78, 5) is 16.1. The summed E-state index contributed by atoms with van der Waals surface area (Å²) in [6.07, 6.45) is 3.30. The molecular weight excluding hydrogens is 270 g/mol. The van der Waals surface area contributed by atoms with Crippen molar-refractivity contribution in [2.75, 3.05) is 5.32 Å². The predicted octanol–water partition coefficient (Wildman–Crippen LogP) is 2.83. The third-order valence-electron chi connectivity index (χ3n) is 2.77. The van der Waals surface area contributed by atoms with Crippen LogP contribution in [-0.2, 0) is 0 Å². The predicted molar refractivity (Wildman–Crippen MR) is 83.8 cm³/mol. The maximum atomic E-state index is 12.1. The van der Waals surface area contributed by atoms with Crippen LogP contribution in [0.1, 0.15) is 21.5 Å². The van der Waals surface area contributed by atoms with Crippen LogP contribution in [0.2, 0.25) is 0 Å². The quantitative estimate of drug-likeness (QED) is 0.833. The summed E-state index contributed by atoms with van der Waals surface area (Å²) in [7, 11) is 0. The Hall–Kier alpha value is -2.27. The fourth-order valence-corrected chi connectivity index (χ4v) is 2.05. The first-order chi connectivity index (χ1) is 9.56. The molecule has 0 radical (unpaired) electrons. The number of thiocarbonyl (C=S) groups is 1. The van der Waals surface area contributed by atoms with Crippen LogP contribution in [0.15, 0.2) is 42.7 Å². The first-order valence-electron chi connectivity index (χ1n) is 6.16. The highest BCUT2D eigenvalue weighted by Crippen LogP contribution is 2.10. The molecule has 0 aliphatic heterocycles. The van der Waals surface area contributed by atoms with Crippen molar-refractivity contribution >= 4 is 28.9 Å². The SMILES string of the molecule is Cc1ccc(C(=O)NC(=S)Nc2cccnc2)c(C)c1. The number of benzene rings is 1. The van der Waals surface area contributed by atoms with Crippen molar-refractivity contribution in [3.63, 3.8) is 0 Å². The minimum absolute atomic E-state index is 0.219. The minimum Gasteiger partial charge on any atom is -0.331 e. The van der Waals surface area contributed by atoms with E-state index < -0.39 is 0 Å². The van der Waals surface area contributed by atoms with Crippen molar-refractivity contribution < 1.29 is 4.79 Å². The summed E-state index contributed by atoms with van der Waals surface area (Å²) in [5, 5.41) is 5.82. The molecule has 0 saturated heterocycles. The van der Waals surface area contributed by atoms with Crippen molar-refractivity contribution in [3.05, 3.63) is 59.4 Å². The van der Waals surface area contributed by atoms with E-state index in [1.165, 1.54) is 0 Å². The number of nitrogens with one attached hydrogen (secondary N) is 2. The monoisotopic (exact) mass is 285 g/mol. The third-order valence-corrected chi connectivity index (χ3v) is 2.98. The smallest absolute Gasteiger partial charge is 0.257 e. The number of hydrogen-bond donors (Lipinski definition) is 2. The molecule has 2 aromatic rings. The highest BCUT2D eigenvalue weighted by molar-refractivity contribution is 7.80. The number of pyridine rings is 1. The second-order valence-electron chi connectivity index (χ2n) is 4.47. The molecule has 0 spiro atoms. The van der Waals surface area contributed by atoms with Gasteiger partial charge < -0.3 is 5.32 Å². The van der Waals surface area contributed by atoms with Crippen molar-refractivity contribution in [3.8, 4) is 0 Å². The lowest BCUT2D eigenvalue weighted by molar-refractivity contribution is 0.0977. The summed E-state index contributed by atoms with van der Waals surface area (Å²) < 4.78 is 0. The largest absolute Gasteiger partial charge is 0.331 e. The van der Waals surface area contributed by atoms with Crippen LogP contribution in [-0.4, -0.2) is 16.0 Å². The highest BCUT2D eigenvalue weighted by atomic mass is 32.1. The van der Waals surface area contributed by atoms with Crippen LogP contribution >= 0.6 is 12.2 Å². The molecule has 0 aliphatic carbocycles. The summed E-state index contributed by atoms with van der Waals surface area (Å²) in [6.45, 7) is 3.89. The molecule has 4 nitrogen and oxygen atoms in total. The fourth-order valence-electron chi connectivity index (χ4n) is 1.84. The Bertz CT molecular complexity index is 641. The second-order valence-corrected chi connectivity index (χ2v) is 4.88. The Labute approximate surface area is 123 Å². The molecular formula is C15H15N3OS. The Kier molecular flexibility index (Phi) is 4.42. The Morgan fingerprint density at radius 2 is 2.05 bits per heavy atom. The first-order valence-corrected chi connectivity index (χ1v) is 6.56. The molecule has 102 valence electrons. The molecule has 20 heavy (non-hydrogen) atoms. The molecule has 0 unspecified atom stereocenters. The van der Waals surface area contributed by atoms with Gasteiger partial charge in [0.25, 0.3) is 5.91 Å². The zero-order valence-electron chi connectivity index (χ0n) is 11.3. The molecule has 1 aromatic heterocycles. The van der Waals surface area contributed by atoms with Gasteiger partial charge in [0.1, 0.15) is 0 Å². The summed E-state index contributed by atoms with van der Waals surface area (Å²) in [5.41, 5.74) is 3.39. The molecule has 1 heterocycles. The molecule has 0 bridgehead atoms. The van der Waals surface area contributed by atoms with Crippen LogP contribution in [0.3, 0.4) is 0 Å². The lowest BCUT2D eigenvalue weighted by Gasteiger charge is -2.10. The van der Waals surface area contributed by atoms with Gasteiger partial charge in [-0.05, 0) is 49.8 Å². The molecule has 1 amide bonds. The second kappa shape index (κ2) is 6.25. The highest BCUT2D eigenvalue weighted by Gasteiger charge is 2.10. The number of amides is 1. The van der Waals surface area contributed by atoms with Crippen molar-refractivity contribution in [2.24, 2.45) is 0 Å². The number of rotatable bonds is 2. The fraction of sp³-hybridized carbons (Fsp3) is 0.133. The molecule has 0 atom stereocenters. The van der Waals surface area contributed by atoms with Gasteiger partial charge >= 0.3 is 0 Å². The Balaban J connectivity index is 2.02. The van der Waals surface area contributed by atoms with Crippen molar-refractivity contribution in [1.82, 2.24) is 10.3 Å². The van der Waals surface area contributed by atoms with Crippen LogP contribution in [0.4, 0.5) is 5.69 Å². The van der Waals surface area contributed by atoms with Gasteiger partial charge in [0.05, 0.1) is 11.9 Å². The molecule has 0 saturated carbocycles. The van der Waals surface area contributed by atoms with E-state index >= 15 is 0 Å². The summed E-state index contributed by atoms with van der Waals surface area (Å²) >= 11 is 5.11. The number of carbonyl (C=O) groups is 1. The van der Waals surface area contributed by atoms with Gasteiger partial charge in [0.2, 0.25) is 0 Å². The molecule has 1 aromatic carbocycles. The third kappa shape index (κ3) is 3.61. The number of hydrogen-bond acceptors (Lipinski definition) is 3. The first kappa shape index (κ1) is 14.1. The summed E-state index contributed by atoms with van der Waals surface area (Å²) in [5.74, 6) is -0.219. The van der Waals surface area contributed by atoms with Crippen LogP contribution in [0.5, 0.6) is 0 Å². The van der Waals surface area contributed by atoms with Gasteiger partial charge in [0.15, 0.2) is 5.11 Å². The Morgan fingerprint density at radius 3 is 2.70 bits per heavy atom. The van der Waals surface area contributed by atoms with Gasteiger partial charge in [0, 0.05) is 11.8 Å². The van der Waals surface area contributed by atoms with Gasteiger partial charge in [-0.2, -0.15) is 0 Å². The van der Waals surface area contributed by atoms with Gasteiger partial charge in [-0.25, -0.2) is 0 Å². The van der Waals surface area contributed by atoms with E-state index in [4.69, 9.17) is 12.2 Å². The van der Waals surface area contributed by atoms with Gasteiger partial charge in [-0.3, -0.25) is 15.1 Å².